The van der Waals surface area contributed by atoms with Crippen molar-refractivity contribution >= 4 is 35.0 Å². The molecule has 0 aliphatic heterocycles. The molecule has 0 saturated carbocycles. The number of nitrogens with one attached hydrogen (secondary N) is 1. The zero-order valence-corrected chi connectivity index (χ0v) is 18.1. The molecule has 2 aromatic carbocycles. The van der Waals surface area contributed by atoms with Gasteiger partial charge in [0.25, 0.3) is 0 Å². The van der Waals surface area contributed by atoms with Crippen LogP contribution in [0.5, 0.6) is 11.5 Å². The van der Waals surface area contributed by atoms with E-state index in [-0.39, 0.29) is 11.7 Å². The molecule has 7 nitrogen and oxygen atoms in total. The summed E-state index contributed by atoms with van der Waals surface area (Å²) in [5.74, 6) is 1.17. The zero-order valence-electron chi connectivity index (χ0n) is 16.5. The van der Waals surface area contributed by atoms with Gasteiger partial charge in [-0.25, -0.2) is 0 Å². The van der Waals surface area contributed by atoms with E-state index < -0.39 is 0 Å². The van der Waals surface area contributed by atoms with Gasteiger partial charge in [0.15, 0.2) is 16.7 Å². The number of carbonyl (C=O) groups is 1. The largest absolute Gasteiger partial charge is 0.493 e. The Balaban J connectivity index is 1.69. The predicted octanol–water partition coefficient (Wildman–Crippen LogP) is 4.29. The third-order valence-electron chi connectivity index (χ3n) is 4.29. The molecule has 0 fully saturated rings. The van der Waals surface area contributed by atoms with Gasteiger partial charge in [0, 0.05) is 16.8 Å². The first-order valence-corrected chi connectivity index (χ1v) is 10.1. The van der Waals surface area contributed by atoms with Crippen LogP contribution < -0.4 is 14.8 Å². The van der Waals surface area contributed by atoms with Crippen molar-refractivity contribution in [2.24, 2.45) is 0 Å². The highest BCUT2D eigenvalue weighted by Gasteiger charge is 2.14. The third-order valence-corrected chi connectivity index (χ3v) is 5.64. The molecule has 0 saturated heterocycles. The number of aryl methyl sites for hydroxylation is 2. The normalized spacial score (nSPS) is 10.7. The maximum atomic E-state index is 12.5. The van der Waals surface area contributed by atoms with Gasteiger partial charge in [0.2, 0.25) is 5.91 Å². The molecule has 1 amide bonds. The first kappa shape index (κ1) is 21.0. The Morgan fingerprint density at radius 2 is 1.86 bits per heavy atom. The fourth-order valence-corrected chi connectivity index (χ4v) is 3.57. The van der Waals surface area contributed by atoms with Crippen LogP contribution in [0.15, 0.2) is 41.8 Å². The van der Waals surface area contributed by atoms with Crippen LogP contribution >= 0.6 is 23.4 Å². The number of aromatic nitrogens is 3. The summed E-state index contributed by atoms with van der Waals surface area (Å²) < 4.78 is 12.4. The van der Waals surface area contributed by atoms with Gasteiger partial charge >= 0.3 is 0 Å². The number of benzene rings is 2. The highest BCUT2D eigenvalue weighted by Crippen LogP contribution is 2.33. The van der Waals surface area contributed by atoms with E-state index in [2.05, 4.69) is 15.5 Å². The SMILES string of the molecule is COc1cc(C)c(NC(=O)CSc2nncn2-c2ccc(C)c(Cl)c2)cc1OC. The lowest BCUT2D eigenvalue weighted by Crippen LogP contribution is -2.15. The van der Waals surface area contributed by atoms with Crippen LogP contribution in [0.2, 0.25) is 5.02 Å². The summed E-state index contributed by atoms with van der Waals surface area (Å²) in [5.41, 5.74) is 3.37. The summed E-state index contributed by atoms with van der Waals surface area (Å²) in [4.78, 5) is 12.5. The van der Waals surface area contributed by atoms with Crippen molar-refractivity contribution < 1.29 is 14.3 Å². The van der Waals surface area contributed by atoms with Gasteiger partial charge in [-0.05, 0) is 43.2 Å². The van der Waals surface area contributed by atoms with Crippen LogP contribution in [0.1, 0.15) is 11.1 Å². The Bertz CT molecular complexity index is 1040. The summed E-state index contributed by atoms with van der Waals surface area (Å²) >= 11 is 7.51. The van der Waals surface area contributed by atoms with Crippen LogP contribution in [0.3, 0.4) is 0 Å². The highest BCUT2D eigenvalue weighted by atomic mass is 35.5. The van der Waals surface area contributed by atoms with Gasteiger partial charge in [-0.15, -0.1) is 10.2 Å². The van der Waals surface area contributed by atoms with Crippen LogP contribution in [-0.2, 0) is 4.79 Å². The fraction of sp³-hybridized carbons (Fsp3) is 0.250. The number of nitrogens with zero attached hydrogens (tertiary/aromatic N) is 3. The molecule has 152 valence electrons. The maximum Gasteiger partial charge on any atom is 0.234 e. The van der Waals surface area contributed by atoms with Crippen LogP contribution in [0, 0.1) is 13.8 Å². The molecule has 0 aliphatic rings. The summed E-state index contributed by atoms with van der Waals surface area (Å²) in [6, 6.07) is 9.27. The van der Waals surface area contributed by atoms with E-state index >= 15 is 0 Å². The molecule has 0 radical (unpaired) electrons. The molecule has 1 heterocycles. The number of anilines is 1. The number of ether oxygens (including phenoxy) is 2. The molecule has 29 heavy (non-hydrogen) atoms. The van der Waals surface area contributed by atoms with Crippen LogP contribution in [0.25, 0.3) is 5.69 Å². The molecule has 9 heteroatoms. The minimum Gasteiger partial charge on any atom is -0.493 e. The molecule has 0 aliphatic carbocycles. The Labute approximate surface area is 178 Å². The van der Waals surface area contributed by atoms with Crippen molar-refractivity contribution in [3.05, 3.63) is 52.8 Å². The number of amides is 1. The molecule has 3 rings (SSSR count). The molecule has 1 aromatic heterocycles. The highest BCUT2D eigenvalue weighted by molar-refractivity contribution is 7.99. The average Bonchev–Trinajstić information content (AvgIpc) is 3.18. The molecular weight excluding hydrogens is 412 g/mol. The Hall–Kier alpha value is -2.71. The molecule has 0 spiro atoms. The number of methoxy groups -OCH3 is 2. The number of rotatable bonds is 7. The van der Waals surface area contributed by atoms with Gasteiger partial charge in [0.05, 0.1) is 25.7 Å². The van der Waals surface area contributed by atoms with Gasteiger partial charge in [-0.2, -0.15) is 0 Å². The summed E-state index contributed by atoms with van der Waals surface area (Å²) in [7, 11) is 3.13. The minimum atomic E-state index is -0.165. The van der Waals surface area contributed by atoms with E-state index in [9.17, 15) is 4.79 Å². The first-order chi connectivity index (χ1) is 13.9. The van der Waals surface area contributed by atoms with E-state index in [0.717, 1.165) is 16.8 Å². The van der Waals surface area contributed by atoms with Crippen molar-refractivity contribution in [1.82, 2.24) is 14.8 Å². The topological polar surface area (TPSA) is 78.3 Å². The van der Waals surface area contributed by atoms with E-state index in [0.29, 0.717) is 27.4 Å². The van der Waals surface area contributed by atoms with Crippen molar-refractivity contribution in [3.8, 4) is 17.2 Å². The molecule has 0 atom stereocenters. The van der Waals surface area contributed by atoms with Crippen molar-refractivity contribution in [1.29, 1.82) is 0 Å². The third kappa shape index (κ3) is 4.83. The number of halogens is 1. The number of hydrogen-bond acceptors (Lipinski definition) is 6. The molecule has 0 bridgehead atoms. The van der Waals surface area contributed by atoms with Gasteiger partial charge < -0.3 is 14.8 Å². The molecule has 3 aromatic rings. The first-order valence-electron chi connectivity index (χ1n) is 8.74. The standard InChI is InChI=1S/C20H21ClN4O3S/c1-12-5-6-14(8-15(12)21)25-11-22-24-20(25)29-10-19(26)23-16-9-18(28-4)17(27-3)7-13(16)2/h5-9,11H,10H2,1-4H3,(H,23,26). The number of thioether (sulfide) groups is 1. The van der Waals surface area contributed by atoms with Gasteiger partial charge in [0.1, 0.15) is 6.33 Å². The summed E-state index contributed by atoms with van der Waals surface area (Å²) in [5, 5.41) is 12.2. The lowest BCUT2D eigenvalue weighted by Gasteiger charge is -2.13. The maximum absolute atomic E-state index is 12.5. The van der Waals surface area contributed by atoms with E-state index in [1.807, 2.05) is 38.1 Å². The monoisotopic (exact) mass is 432 g/mol. The lowest BCUT2D eigenvalue weighted by molar-refractivity contribution is -0.113. The summed E-state index contributed by atoms with van der Waals surface area (Å²) in [6.07, 6.45) is 1.60. The van der Waals surface area contributed by atoms with Crippen molar-refractivity contribution in [2.75, 3.05) is 25.3 Å². The second-order valence-corrected chi connectivity index (χ2v) is 7.63. The van der Waals surface area contributed by atoms with E-state index in [4.69, 9.17) is 21.1 Å². The number of carbonyl (C=O) groups excluding carboxylic acids is 1. The molecular formula is C20H21ClN4O3S. The Kier molecular flexibility index (Phi) is 6.66. The van der Waals surface area contributed by atoms with Crippen LogP contribution in [-0.4, -0.2) is 40.6 Å². The van der Waals surface area contributed by atoms with E-state index in [1.54, 1.807) is 31.2 Å². The second kappa shape index (κ2) is 9.19. The fourth-order valence-electron chi connectivity index (χ4n) is 2.66. The molecule has 1 N–H and O–H groups in total. The second-order valence-electron chi connectivity index (χ2n) is 6.28. The Morgan fingerprint density at radius 1 is 1.14 bits per heavy atom. The summed E-state index contributed by atoms with van der Waals surface area (Å²) in [6.45, 7) is 3.83. The Morgan fingerprint density at radius 3 is 2.55 bits per heavy atom. The van der Waals surface area contributed by atoms with Gasteiger partial charge in [-0.1, -0.05) is 29.4 Å². The predicted molar refractivity (Wildman–Crippen MR) is 115 cm³/mol. The lowest BCUT2D eigenvalue weighted by atomic mass is 10.1. The van der Waals surface area contributed by atoms with E-state index in [1.165, 1.54) is 11.8 Å². The smallest absolute Gasteiger partial charge is 0.234 e. The van der Waals surface area contributed by atoms with Crippen molar-refractivity contribution in [3.63, 3.8) is 0 Å². The number of hydrogen-bond donors (Lipinski definition) is 1. The zero-order chi connectivity index (χ0) is 21.0. The minimum absolute atomic E-state index is 0.165. The average molecular weight is 433 g/mol. The van der Waals surface area contributed by atoms with Crippen LogP contribution in [0.4, 0.5) is 5.69 Å². The molecule has 0 unspecified atom stereocenters. The van der Waals surface area contributed by atoms with Crippen molar-refractivity contribution in [2.45, 2.75) is 19.0 Å². The van der Waals surface area contributed by atoms with Gasteiger partial charge in [-0.3, -0.25) is 9.36 Å². The quantitative estimate of drug-likeness (QED) is 0.561.